The quantitative estimate of drug-likeness (QED) is 0.0337. The zero-order valence-corrected chi connectivity index (χ0v) is 42.7. The van der Waals surface area contributed by atoms with Crippen LogP contribution in [0.25, 0.3) is 11.1 Å². The number of benzene rings is 2. The van der Waals surface area contributed by atoms with Gasteiger partial charge in [0.2, 0.25) is 23.6 Å². The number of aryl methyl sites for hydroxylation is 1. The van der Waals surface area contributed by atoms with Crippen molar-refractivity contribution in [2.45, 2.75) is 174 Å². The summed E-state index contributed by atoms with van der Waals surface area (Å²) in [6.07, 6.45) is 6.46. The molecule has 1 unspecified atom stereocenters. The Morgan fingerprint density at radius 2 is 1.29 bits per heavy atom. The third-order valence-electron chi connectivity index (χ3n) is 14.7. The first-order chi connectivity index (χ1) is 33.3. The van der Waals surface area contributed by atoms with Gasteiger partial charge >= 0.3 is 7.12 Å². The van der Waals surface area contributed by atoms with Gasteiger partial charge in [0.1, 0.15) is 18.1 Å². The van der Waals surface area contributed by atoms with Crippen LogP contribution >= 0.6 is 0 Å². The van der Waals surface area contributed by atoms with Crippen LogP contribution in [0.2, 0.25) is 0 Å². The van der Waals surface area contributed by atoms with Gasteiger partial charge in [-0.3, -0.25) is 28.8 Å². The minimum Gasteiger partial charge on any atom is -0.404 e. The van der Waals surface area contributed by atoms with Crippen molar-refractivity contribution in [1.82, 2.24) is 31.9 Å². The van der Waals surface area contributed by atoms with E-state index in [9.17, 15) is 28.8 Å². The lowest BCUT2D eigenvalue weighted by molar-refractivity contribution is -0.199. The second kappa shape index (κ2) is 26.0. The smallest absolute Gasteiger partial charge is 0.404 e. The highest BCUT2D eigenvalue weighted by atomic mass is 16.7. The Morgan fingerprint density at radius 3 is 1.87 bits per heavy atom. The van der Waals surface area contributed by atoms with E-state index in [0.29, 0.717) is 62.6 Å². The number of nitrogens with two attached hydrogens (primary N) is 3. The molecule has 12 N–H and O–H groups in total. The Morgan fingerprint density at radius 1 is 0.714 bits per heavy atom. The van der Waals surface area contributed by atoms with Crippen LogP contribution in [0.5, 0.6) is 0 Å². The van der Waals surface area contributed by atoms with E-state index in [1.165, 1.54) is 5.56 Å². The van der Waals surface area contributed by atoms with Gasteiger partial charge in [-0.05, 0) is 150 Å². The van der Waals surface area contributed by atoms with E-state index in [1.807, 2.05) is 32.9 Å². The summed E-state index contributed by atoms with van der Waals surface area (Å²) in [6, 6.07) is 12.6. The molecule has 18 heteroatoms. The van der Waals surface area contributed by atoms with E-state index in [1.54, 1.807) is 12.1 Å². The van der Waals surface area contributed by atoms with Gasteiger partial charge in [-0.25, -0.2) is 0 Å². The highest BCUT2D eigenvalue weighted by Crippen LogP contribution is 2.65. The van der Waals surface area contributed by atoms with Crippen LogP contribution in [0, 0.1) is 23.2 Å². The van der Waals surface area contributed by atoms with Crippen molar-refractivity contribution in [3.63, 3.8) is 0 Å². The molecule has 3 aliphatic carbocycles. The Bertz CT molecular complexity index is 2070. The van der Waals surface area contributed by atoms with Crippen LogP contribution in [0.1, 0.15) is 141 Å². The summed E-state index contributed by atoms with van der Waals surface area (Å²) < 4.78 is 12.9. The standard InChI is InChI=1S/C52H82BN9O8/c1-8-9-14-34-17-19-35(20-18-34)36-21-23-37(24-22-36)46(64)57-28-25-44(63)59-39(15-10-12-26-54)47(65)60-40(16-11-13-27-55)48(66)62-45(56)50(68)61-41(29-32(2)3)49(67)58-33(4)53-69-43-31-38-30-42(51(38,5)6)52(43,7)70-53/h17-24,32-33,38-43,45H,8-16,25-31,54-56H2,1-7H3,(H,57,64)(H,58,67)(H,59,63)(H,60,65)(H,61,68)(H,62,66)/t33-,38-,39-,40-,41-,42-,43?,45+,52-/m0/s1. The van der Waals surface area contributed by atoms with Crippen molar-refractivity contribution in [3.05, 3.63) is 59.7 Å². The Hall–Kier alpha value is -4.88. The van der Waals surface area contributed by atoms with Crippen LogP contribution in [-0.4, -0.2) is 104 Å². The highest BCUT2D eigenvalue weighted by Gasteiger charge is 2.68. The van der Waals surface area contributed by atoms with Crippen LogP contribution in [0.3, 0.4) is 0 Å². The van der Waals surface area contributed by atoms with E-state index >= 15 is 0 Å². The first kappa shape index (κ1) is 56.0. The topological polar surface area (TPSA) is 271 Å². The molecule has 386 valence electrons. The van der Waals surface area contributed by atoms with Gasteiger partial charge in [0.25, 0.3) is 11.8 Å². The molecule has 4 fully saturated rings. The maximum Gasteiger partial charge on any atom is 0.481 e. The summed E-state index contributed by atoms with van der Waals surface area (Å²) in [5.74, 6) is -2.94. The lowest BCUT2D eigenvalue weighted by Gasteiger charge is -2.64. The van der Waals surface area contributed by atoms with Gasteiger partial charge in [0.05, 0.1) is 17.6 Å². The average Bonchev–Trinajstić information content (AvgIpc) is 3.70. The molecule has 1 aliphatic heterocycles. The summed E-state index contributed by atoms with van der Waals surface area (Å²) in [6.45, 7) is 15.3. The predicted molar refractivity (Wildman–Crippen MR) is 272 cm³/mol. The van der Waals surface area contributed by atoms with Crippen molar-refractivity contribution in [2.24, 2.45) is 40.4 Å². The summed E-state index contributed by atoms with van der Waals surface area (Å²) in [5, 5.41) is 16.5. The third-order valence-corrected chi connectivity index (χ3v) is 14.7. The molecule has 2 bridgehead atoms. The van der Waals surface area contributed by atoms with E-state index < -0.39 is 72.5 Å². The fourth-order valence-electron chi connectivity index (χ4n) is 10.3. The first-order valence-electron chi connectivity index (χ1n) is 25.8. The monoisotopic (exact) mass is 972 g/mol. The van der Waals surface area contributed by atoms with Gasteiger partial charge in [-0.1, -0.05) is 77.4 Å². The Kier molecular flexibility index (Phi) is 20.8. The van der Waals surface area contributed by atoms with Crippen LogP contribution in [0.4, 0.5) is 0 Å². The van der Waals surface area contributed by atoms with Crippen LogP contribution in [-0.2, 0) is 39.7 Å². The lowest BCUT2D eigenvalue weighted by Crippen LogP contribution is -2.65. The summed E-state index contributed by atoms with van der Waals surface area (Å²) in [4.78, 5) is 81.1. The number of rotatable bonds is 28. The summed E-state index contributed by atoms with van der Waals surface area (Å²) in [7, 11) is -0.655. The molecule has 2 aromatic carbocycles. The number of carbonyl (C=O) groups excluding carboxylic acids is 6. The molecule has 0 radical (unpaired) electrons. The Balaban J connectivity index is 1.13. The van der Waals surface area contributed by atoms with Gasteiger partial charge < -0.3 is 58.4 Å². The predicted octanol–water partition coefficient (Wildman–Crippen LogP) is 3.75. The van der Waals surface area contributed by atoms with Crippen molar-refractivity contribution < 1.29 is 38.1 Å². The molecule has 6 amide bonds. The zero-order chi connectivity index (χ0) is 51.2. The van der Waals surface area contributed by atoms with E-state index in [4.69, 9.17) is 26.5 Å². The molecule has 0 spiro atoms. The Labute approximate surface area is 415 Å². The fourth-order valence-corrected chi connectivity index (χ4v) is 10.3. The number of carbonyl (C=O) groups is 6. The molecule has 4 aliphatic rings. The largest absolute Gasteiger partial charge is 0.481 e. The van der Waals surface area contributed by atoms with Gasteiger partial charge in [-0.2, -0.15) is 0 Å². The van der Waals surface area contributed by atoms with E-state index in [0.717, 1.165) is 43.2 Å². The highest BCUT2D eigenvalue weighted by molar-refractivity contribution is 6.47. The molecule has 1 heterocycles. The maximum absolute atomic E-state index is 13.8. The first-order valence-corrected chi connectivity index (χ1v) is 25.8. The van der Waals surface area contributed by atoms with E-state index in [-0.39, 0.29) is 49.2 Å². The van der Waals surface area contributed by atoms with Crippen molar-refractivity contribution in [2.75, 3.05) is 19.6 Å². The normalized spacial score (nSPS) is 22.0. The molecule has 1 saturated heterocycles. The number of hydrogen-bond donors (Lipinski definition) is 9. The minimum atomic E-state index is -1.57. The van der Waals surface area contributed by atoms with E-state index in [2.05, 4.69) is 83.9 Å². The SMILES string of the molecule is CCCCc1ccc(-c2ccc(C(=O)NCCC(=O)N[C@@H](CCCCN)C(=O)N[C@@H](CCCCN)C(=O)N[C@@H](N)C(=O)N[C@@H](CC(C)C)C(=O)N[C@@H](C)B3OC4C[C@@H]5C[C@@H](C5(C)C)[C@]4(C)O3)cc2)cc1. The fraction of sp³-hybridized carbons (Fsp3) is 0.654. The van der Waals surface area contributed by atoms with Crippen LogP contribution < -0.4 is 49.1 Å². The van der Waals surface area contributed by atoms with Crippen molar-refractivity contribution in [3.8, 4) is 11.1 Å². The van der Waals surface area contributed by atoms with Gasteiger partial charge in [-0.15, -0.1) is 0 Å². The van der Waals surface area contributed by atoms with Crippen molar-refractivity contribution >= 4 is 42.6 Å². The molecule has 6 rings (SSSR count). The number of hydrogen-bond acceptors (Lipinski definition) is 11. The number of amides is 6. The molecule has 3 saturated carbocycles. The molecular formula is C52H82BN9O8. The molecule has 9 atom stereocenters. The zero-order valence-electron chi connectivity index (χ0n) is 42.7. The number of nitrogens with one attached hydrogen (secondary N) is 6. The third kappa shape index (κ3) is 14.8. The lowest BCUT2D eigenvalue weighted by atomic mass is 9.43. The second-order valence-electron chi connectivity index (χ2n) is 20.9. The molecule has 0 aromatic heterocycles. The number of unbranched alkanes of at least 4 members (excludes halogenated alkanes) is 3. The second-order valence-corrected chi connectivity index (χ2v) is 20.9. The van der Waals surface area contributed by atoms with Gasteiger partial charge in [0.15, 0.2) is 6.17 Å². The maximum atomic E-state index is 13.8. The molecule has 17 nitrogen and oxygen atoms in total. The average molecular weight is 972 g/mol. The van der Waals surface area contributed by atoms with Crippen molar-refractivity contribution in [1.29, 1.82) is 0 Å². The molecule has 2 aromatic rings. The molecule has 70 heavy (non-hydrogen) atoms. The molecular weight excluding hydrogens is 889 g/mol. The minimum absolute atomic E-state index is 0.0127. The van der Waals surface area contributed by atoms with Gasteiger partial charge in [0, 0.05) is 18.5 Å². The summed E-state index contributed by atoms with van der Waals surface area (Å²) >= 11 is 0. The van der Waals surface area contributed by atoms with Crippen LogP contribution in [0.15, 0.2) is 48.5 Å². The summed E-state index contributed by atoms with van der Waals surface area (Å²) in [5.41, 5.74) is 21.2.